The zero-order chi connectivity index (χ0) is 8.10. The monoisotopic (exact) mass is 169 g/mol. The fourth-order valence-electron chi connectivity index (χ4n) is 0.843. The van der Waals surface area contributed by atoms with Gasteiger partial charge in [0.2, 0.25) is 0 Å². The minimum absolute atomic E-state index is 0.464. The zero-order valence-electron chi connectivity index (χ0n) is 6.14. The summed E-state index contributed by atoms with van der Waals surface area (Å²) in [7, 11) is 0. The molecule has 0 aromatic carbocycles. The molecule has 0 amide bonds. The summed E-state index contributed by atoms with van der Waals surface area (Å²) >= 11 is 4.02. The molecule has 1 atom stereocenters. The molecular weight excluding hydrogens is 158 g/mol. The van der Waals surface area contributed by atoms with Gasteiger partial charge in [-0.1, -0.05) is 6.07 Å². The Kier molecular flexibility index (Phi) is 3.39. The predicted octanol–water partition coefficient (Wildman–Crippen LogP) is 1.43. The van der Waals surface area contributed by atoms with E-state index in [1.807, 2.05) is 18.2 Å². The van der Waals surface area contributed by atoms with Gasteiger partial charge < -0.3 is 5.11 Å². The number of nitrogens with zero attached hydrogens (tertiary/aromatic N) is 1. The molecule has 3 heteroatoms. The number of thiol groups is 1. The van der Waals surface area contributed by atoms with E-state index in [1.54, 1.807) is 6.20 Å². The minimum Gasteiger partial charge on any atom is -0.387 e. The van der Waals surface area contributed by atoms with Crippen LogP contribution in [0.5, 0.6) is 0 Å². The van der Waals surface area contributed by atoms with E-state index in [1.165, 1.54) is 0 Å². The molecule has 0 aliphatic rings. The van der Waals surface area contributed by atoms with Crippen LogP contribution in [0.2, 0.25) is 0 Å². The van der Waals surface area contributed by atoms with E-state index in [0.29, 0.717) is 12.2 Å². The van der Waals surface area contributed by atoms with Crippen molar-refractivity contribution in [3.05, 3.63) is 30.1 Å². The molecule has 0 bridgehead atoms. The van der Waals surface area contributed by atoms with Crippen LogP contribution in [0.4, 0.5) is 0 Å². The van der Waals surface area contributed by atoms with Gasteiger partial charge in [0.05, 0.1) is 11.8 Å². The number of rotatable bonds is 3. The maximum absolute atomic E-state index is 9.41. The number of aromatic nitrogens is 1. The molecule has 60 valence electrons. The number of aliphatic hydroxyl groups excluding tert-OH is 1. The Hall–Kier alpha value is -0.540. The predicted molar refractivity (Wildman–Crippen MR) is 47.7 cm³/mol. The Labute approximate surface area is 71.7 Å². The van der Waals surface area contributed by atoms with Crippen molar-refractivity contribution in [2.45, 2.75) is 12.5 Å². The number of hydrogen-bond acceptors (Lipinski definition) is 3. The third-order valence-electron chi connectivity index (χ3n) is 1.43. The van der Waals surface area contributed by atoms with Gasteiger partial charge in [0.25, 0.3) is 0 Å². The summed E-state index contributed by atoms with van der Waals surface area (Å²) in [6.45, 7) is 0. The van der Waals surface area contributed by atoms with Crippen molar-refractivity contribution < 1.29 is 5.11 Å². The molecule has 0 fully saturated rings. The fourth-order valence-corrected chi connectivity index (χ4v) is 1.09. The lowest BCUT2D eigenvalue weighted by molar-refractivity contribution is 0.170. The molecule has 0 saturated carbocycles. The van der Waals surface area contributed by atoms with Crippen LogP contribution in [-0.4, -0.2) is 15.8 Å². The lowest BCUT2D eigenvalue weighted by Crippen LogP contribution is -1.99. The highest BCUT2D eigenvalue weighted by Gasteiger charge is 2.05. The quantitative estimate of drug-likeness (QED) is 0.671. The van der Waals surface area contributed by atoms with E-state index in [9.17, 15) is 5.11 Å². The van der Waals surface area contributed by atoms with Crippen LogP contribution in [0, 0.1) is 0 Å². The summed E-state index contributed by atoms with van der Waals surface area (Å²) in [6.07, 6.45) is 1.87. The van der Waals surface area contributed by atoms with Crippen LogP contribution in [0.15, 0.2) is 24.4 Å². The molecule has 0 radical (unpaired) electrons. The van der Waals surface area contributed by atoms with Crippen LogP contribution >= 0.6 is 12.6 Å². The molecule has 2 nitrogen and oxygen atoms in total. The molecule has 1 N–H and O–H groups in total. The second-order valence-electron chi connectivity index (χ2n) is 2.28. The van der Waals surface area contributed by atoms with Crippen molar-refractivity contribution in [1.29, 1.82) is 0 Å². The molecule has 1 rings (SSSR count). The van der Waals surface area contributed by atoms with E-state index >= 15 is 0 Å². The Morgan fingerprint density at radius 2 is 2.36 bits per heavy atom. The summed E-state index contributed by atoms with van der Waals surface area (Å²) in [5.74, 6) is 0.678. The Morgan fingerprint density at radius 3 is 2.91 bits per heavy atom. The van der Waals surface area contributed by atoms with E-state index in [4.69, 9.17) is 0 Å². The van der Waals surface area contributed by atoms with Crippen LogP contribution < -0.4 is 0 Å². The topological polar surface area (TPSA) is 33.1 Å². The van der Waals surface area contributed by atoms with Crippen LogP contribution in [0.3, 0.4) is 0 Å². The van der Waals surface area contributed by atoms with Crippen LogP contribution in [0.1, 0.15) is 18.2 Å². The molecule has 0 spiro atoms. The fraction of sp³-hybridized carbons (Fsp3) is 0.375. The highest BCUT2D eigenvalue weighted by molar-refractivity contribution is 7.80. The first-order valence-electron chi connectivity index (χ1n) is 3.54. The van der Waals surface area contributed by atoms with E-state index < -0.39 is 6.10 Å². The number of aliphatic hydroxyl groups is 1. The molecule has 1 heterocycles. The van der Waals surface area contributed by atoms with Crippen molar-refractivity contribution in [3.63, 3.8) is 0 Å². The Bertz CT molecular complexity index is 203. The first-order chi connectivity index (χ1) is 5.34. The maximum atomic E-state index is 9.41. The van der Waals surface area contributed by atoms with E-state index in [-0.39, 0.29) is 0 Å². The molecule has 1 aromatic heterocycles. The first-order valence-corrected chi connectivity index (χ1v) is 4.17. The number of hydrogen-bond donors (Lipinski definition) is 2. The Balaban J connectivity index is 2.61. The second-order valence-corrected chi connectivity index (χ2v) is 2.73. The Morgan fingerprint density at radius 1 is 1.55 bits per heavy atom. The minimum atomic E-state index is -0.464. The molecule has 0 aliphatic carbocycles. The van der Waals surface area contributed by atoms with Gasteiger partial charge in [-0.2, -0.15) is 12.6 Å². The zero-order valence-corrected chi connectivity index (χ0v) is 7.04. The molecule has 0 saturated heterocycles. The highest BCUT2D eigenvalue weighted by atomic mass is 32.1. The second kappa shape index (κ2) is 4.36. The molecule has 1 aromatic rings. The normalized spacial score (nSPS) is 12.9. The maximum Gasteiger partial charge on any atom is 0.0967 e. The summed E-state index contributed by atoms with van der Waals surface area (Å²) in [4.78, 5) is 4.01. The SMILES string of the molecule is OC(CCS)c1ccccn1. The summed E-state index contributed by atoms with van der Waals surface area (Å²) in [6, 6.07) is 5.51. The van der Waals surface area contributed by atoms with Crippen molar-refractivity contribution in [3.8, 4) is 0 Å². The van der Waals surface area contributed by atoms with Gasteiger partial charge in [-0.3, -0.25) is 4.98 Å². The van der Waals surface area contributed by atoms with Gasteiger partial charge in [-0.25, -0.2) is 0 Å². The summed E-state index contributed by atoms with van der Waals surface area (Å²) < 4.78 is 0. The standard InChI is InChI=1S/C8H11NOS/c10-8(4-6-11)7-3-1-2-5-9-7/h1-3,5,8,10-11H,4,6H2. The molecular formula is C8H11NOS. The third-order valence-corrected chi connectivity index (χ3v) is 1.69. The summed E-state index contributed by atoms with van der Waals surface area (Å²) in [5, 5.41) is 9.41. The van der Waals surface area contributed by atoms with Gasteiger partial charge in [-0.05, 0) is 24.3 Å². The molecule has 11 heavy (non-hydrogen) atoms. The van der Waals surface area contributed by atoms with Crippen molar-refractivity contribution in [2.24, 2.45) is 0 Å². The highest BCUT2D eigenvalue weighted by Crippen LogP contribution is 2.12. The van der Waals surface area contributed by atoms with Gasteiger partial charge in [0.1, 0.15) is 0 Å². The largest absolute Gasteiger partial charge is 0.387 e. The lowest BCUT2D eigenvalue weighted by atomic mass is 10.2. The van der Waals surface area contributed by atoms with Crippen molar-refractivity contribution in [1.82, 2.24) is 4.98 Å². The smallest absolute Gasteiger partial charge is 0.0967 e. The molecule has 1 unspecified atom stereocenters. The van der Waals surface area contributed by atoms with Crippen LogP contribution in [0.25, 0.3) is 0 Å². The molecule has 0 aliphatic heterocycles. The summed E-state index contributed by atoms with van der Waals surface area (Å²) in [5.41, 5.74) is 0.724. The van der Waals surface area contributed by atoms with E-state index in [2.05, 4.69) is 17.6 Å². The van der Waals surface area contributed by atoms with Gasteiger partial charge in [0.15, 0.2) is 0 Å². The average Bonchev–Trinajstić information content (AvgIpc) is 2.07. The van der Waals surface area contributed by atoms with Gasteiger partial charge >= 0.3 is 0 Å². The van der Waals surface area contributed by atoms with Gasteiger partial charge in [-0.15, -0.1) is 0 Å². The van der Waals surface area contributed by atoms with Crippen molar-refractivity contribution in [2.75, 3.05) is 5.75 Å². The van der Waals surface area contributed by atoms with E-state index in [0.717, 1.165) is 5.69 Å². The van der Waals surface area contributed by atoms with Crippen LogP contribution in [-0.2, 0) is 0 Å². The average molecular weight is 169 g/mol. The van der Waals surface area contributed by atoms with Crippen molar-refractivity contribution >= 4 is 12.6 Å². The third kappa shape index (κ3) is 2.52. The lowest BCUT2D eigenvalue weighted by Gasteiger charge is -2.06. The van der Waals surface area contributed by atoms with Gasteiger partial charge in [0, 0.05) is 6.20 Å². The number of pyridine rings is 1. The first kappa shape index (κ1) is 8.56.